The lowest BCUT2D eigenvalue weighted by Gasteiger charge is -2.39. The molecule has 0 amide bonds. The van der Waals surface area contributed by atoms with Gasteiger partial charge < -0.3 is 59.5 Å². The Morgan fingerprint density at radius 2 is 1.54 bits per heavy atom. The minimum atomic E-state index is -1.86. The lowest BCUT2D eigenvalue weighted by Crippen LogP contribution is -2.60. The van der Waals surface area contributed by atoms with Gasteiger partial charge in [0.1, 0.15) is 47.8 Å². The summed E-state index contributed by atoms with van der Waals surface area (Å²) in [5, 5.41) is 80.0. The Labute approximate surface area is 206 Å². The third-order valence-corrected chi connectivity index (χ3v) is 5.65. The molecule has 5 atom stereocenters. The van der Waals surface area contributed by atoms with Crippen molar-refractivity contribution < 1.29 is 64.3 Å². The summed E-state index contributed by atoms with van der Waals surface area (Å²) in [4.78, 5) is 23.8. The Morgan fingerprint density at radius 1 is 0.892 bits per heavy atom. The highest BCUT2D eigenvalue weighted by Crippen LogP contribution is 2.44. The van der Waals surface area contributed by atoms with Gasteiger partial charge >= 0.3 is 5.97 Å². The van der Waals surface area contributed by atoms with Gasteiger partial charge in [0.15, 0.2) is 34.2 Å². The number of phenolic OH excluding ortho intramolecular Hbond substituents is 5. The van der Waals surface area contributed by atoms with Crippen molar-refractivity contribution in [3.63, 3.8) is 0 Å². The smallest absolute Gasteiger partial charge is 0.302 e. The van der Waals surface area contributed by atoms with E-state index in [-0.39, 0.29) is 16.9 Å². The van der Waals surface area contributed by atoms with Gasteiger partial charge in [-0.1, -0.05) is 0 Å². The Morgan fingerprint density at radius 3 is 2.16 bits per heavy atom. The van der Waals surface area contributed by atoms with Crippen LogP contribution in [0.4, 0.5) is 0 Å². The molecule has 4 rings (SSSR count). The number of hydrogen-bond donors (Lipinski definition) is 8. The average Bonchev–Trinajstić information content (AvgIpc) is 2.84. The van der Waals surface area contributed by atoms with Gasteiger partial charge in [0.25, 0.3) is 0 Å². The maximum atomic E-state index is 12.7. The molecule has 8 N–H and O–H groups in total. The minimum absolute atomic E-state index is 0.0294. The van der Waals surface area contributed by atoms with Crippen LogP contribution in [0.15, 0.2) is 33.5 Å². The van der Waals surface area contributed by atoms with E-state index in [2.05, 4.69) is 0 Å². The van der Waals surface area contributed by atoms with Crippen molar-refractivity contribution in [2.75, 3.05) is 6.61 Å². The molecule has 14 heteroatoms. The van der Waals surface area contributed by atoms with Crippen LogP contribution in [0.2, 0.25) is 0 Å². The quantitative estimate of drug-likeness (QED) is 0.159. The number of phenols is 5. The maximum absolute atomic E-state index is 12.7. The molecular formula is C23H22O14. The monoisotopic (exact) mass is 522 g/mol. The highest BCUT2D eigenvalue weighted by molar-refractivity contribution is 5.89. The van der Waals surface area contributed by atoms with E-state index >= 15 is 0 Å². The van der Waals surface area contributed by atoms with Gasteiger partial charge in [-0.25, -0.2) is 0 Å². The number of carbonyl (C=O) groups is 1. The molecule has 0 saturated carbocycles. The van der Waals surface area contributed by atoms with Crippen LogP contribution < -0.4 is 10.2 Å². The SMILES string of the molecule is CC(=O)OCC1OC(Oc2cc3oc(-c4cc(O)c(O)c(O)c4)cc(=O)c3c(O)c2O)C(O)C(O)C1O. The molecule has 1 aliphatic rings. The lowest BCUT2D eigenvalue weighted by atomic mass is 9.99. The number of aliphatic hydroxyl groups is 3. The number of hydrogen-bond acceptors (Lipinski definition) is 14. The Balaban J connectivity index is 1.73. The van der Waals surface area contributed by atoms with E-state index < -0.39 is 88.6 Å². The summed E-state index contributed by atoms with van der Waals surface area (Å²) >= 11 is 0. The van der Waals surface area contributed by atoms with E-state index in [1.165, 1.54) is 0 Å². The summed E-state index contributed by atoms with van der Waals surface area (Å²) in [7, 11) is 0. The molecule has 3 aromatic rings. The first kappa shape index (κ1) is 25.8. The fraction of sp³-hybridized carbons (Fsp3) is 0.304. The van der Waals surface area contributed by atoms with Crippen molar-refractivity contribution in [3.05, 3.63) is 34.5 Å². The molecule has 0 spiro atoms. The summed E-state index contributed by atoms with van der Waals surface area (Å²) in [5.41, 5.74) is -1.21. The minimum Gasteiger partial charge on any atom is -0.504 e. The van der Waals surface area contributed by atoms with Crippen molar-refractivity contribution in [2.24, 2.45) is 0 Å². The van der Waals surface area contributed by atoms with E-state index in [9.17, 15) is 50.4 Å². The van der Waals surface area contributed by atoms with Crippen molar-refractivity contribution in [2.45, 2.75) is 37.6 Å². The highest BCUT2D eigenvalue weighted by atomic mass is 16.7. The summed E-state index contributed by atoms with van der Waals surface area (Å²) in [6.45, 7) is 0.604. The average molecular weight is 522 g/mol. The first-order valence-corrected chi connectivity index (χ1v) is 10.7. The fourth-order valence-electron chi connectivity index (χ4n) is 3.72. The molecule has 1 aliphatic heterocycles. The van der Waals surface area contributed by atoms with Gasteiger partial charge in [-0.15, -0.1) is 0 Å². The number of rotatable bonds is 5. The van der Waals surface area contributed by atoms with Crippen LogP contribution in [0.5, 0.6) is 34.5 Å². The topological polar surface area (TPSA) is 237 Å². The number of benzene rings is 2. The predicted octanol–water partition coefficient (Wildman–Crippen LogP) is -0.263. The molecular weight excluding hydrogens is 500 g/mol. The van der Waals surface area contributed by atoms with Crippen LogP contribution in [0.25, 0.3) is 22.3 Å². The number of esters is 1. The zero-order chi connectivity index (χ0) is 27.2. The first-order valence-electron chi connectivity index (χ1n) is 10.7. The number of ether oxygens (including phenoxy) is 3. The van der Waals surface area contributed by atoms with Gasteiger partial charge in [-0.2, -0.15) is 0 Å². The van der Waals surface area contributed by atoms with Gasteiger partial charge in [0.05, 0.1) is 0 Å². The number of aromatic hydroxyl groups is 5. The summed E-state index contributed by atoms with van der Waals surface area (Å²) in [6, 6.07) is 3.86. The van der Waals surface area contributed by atoms with Crippen LogP contribution in [-0.4, -0.2) is 84.1 Å². The van der Waals surface area contributed by atoms with Crippen molar-refractivity contribution >= 4 is 16.9 Å². The molecule has 2 aromatic carbocycles. The first-order chi connectivity index (χ1) is 17.4. The molecule has 2 heterocycles. The third-order valence-electron chi connectivity index (χ3n) is 5.65. The van der Waals surface area contributed by atoms with Crippen LogP contribution in [0.1, 0.15) is 6.92 Å². The fourth-order valence-corrected chi connectivity index (χ4v) is 3.72. The van der Waals surface area contributed by atoms with E-state index in [0.717, 1.165) is 31.2 Å². The van der Waals surface area contributed by atoms with Crippen molar-refractivity contribution in [3.8, 4) is 45.8 Å². The highest BCUT2D eigenvalue weighted by Gasteiger charge is 2.45. The molecule has 1 saturated heterocycles. The Kier molecular flexibility index (Phi) is 6.75. The summed E-state index contributed by atoms with van der Waals surface area (Å²) in [6.07, 6.45) is -8.41. The zero-order valence-corrected chi connectivity index (χ0v) is 18.9. The number of fused-ring (bicyclic) bond motifs is 1. The van der Waals surface area contributed by atoms with Crippen LogP contribution >= 0.6 is 0 Å². The second-order valence-electron chi connectivity index (χ2n) is 8.22. The van der Waals surface area contributed by atoms with Gasteiger partial charge in [-0.3, -0.25) is 9.59 Å². The standard InChI is InChI=1S/C23H22O14/c1-7(24)34-6-15-19(30)21(32)22(33)23(37-15)36-14-5-13-16(20(31)18(14)29)9(25)4-12(35-13)8-2-10(26)17(28)11(27)3-8/h2-5,15,19,21-23,26-33H,6H2,1H3. The molecule has 0 bridgehead atoms. The van der Waals surface area contributed by atoms with E-state index in [1.54, 1.807) is 0 Å². The number of carbonyl (C=O) groups excluding carboxylic acids is 1. The molecule has 1 aromatic heterocycles. The van der Waals surface area contributed by atoms with Crippen molar-refractivity contribution in [1.29, 1.82) is 0 Å². The molecule has 37 heavy (non-hydrogen) atoms. The Bertz CT molecular complexity index is 1390. The molecule has 5 unspecified atom stereocenters. The van der Waals surface area contributed by atoms with E-state index in [4.69, 9.17) is 18.6 Å². The Hall–Kier alpha value is -4.24. The molecule has 0 aliphatic carbocycles. The van der Waals surface area contributed by atoms with Gasteiger partial charge in [0, 0.05) is 24.6 Å². The largest absolute Gasteiger partial charge is 0.504 e. The molecule has 14 nitrogen and oxygen atoms in total. The maximum Gasteiger partial charge on any atom is 0.302 e. The van der Waals surface area contributed by atoms with Gasteiger partial charge in [0.2, 0.25) is 12.0 Å². The normalized spacial score (nSPS) is 23.6. The lowest BCUT2D eigenvalue weighted by molar-refractivity contribution is -0.278. The van der Waals surface area contributed by atoms with E-state index in [0.29, 0.717) is 0 Å². The third kappa shape index (κ3) is 4.77. The zero-order valence-electron chi connectivity index (χ0n) is 18.9. The summed E-state index contributed by atoms with van der Waals surface area (Å²) < 4.78 is 21.1. The van der Waals surface area contributed by atoms with E-state index in [1.807, 2.05) is 0 Å². The molecule has 0 radical (unpaired) electrons. The van der Waals surface area contributed by atoms with Gasteiger partial charge in [-0.05, 0) is 12.1 Å². The van der Waals surface area contributed by atoms with Crippen LogP contribution in [0, 0.1) is 0 Å². The van der Waals surface area contributed by atoms with Crippen LogP contribution in [0.3, 0.4) is 0 Å². The second kappa shape index (κ2) is 9.67. The molecule has 198 valence electrons. The second-order valence-corrected chi connectivity index (χ2v) is 8.22. The summed E-state index contributed by atoms with van der Waals surface area (Å²) in [5.74, 6) is -5.59. The molecule has 1 fully saturated rings. The predicted molar refractivity (Wildman–Crippen MR) is 120 cm³/mol. The number of aliphatic hydroxyl groups excluding tert-OH is 3. The van der Waals surface area contributed by atoms with Crippen molar-refractivity contribution in [1.82, 2.24) is 0 Å². The van der Waals surface area contributed by atoms with Crippen LogP contribution in [-0.2, 0) is 14.3 Å².